The molecule has 2 amide bonds. The van der Waals surface area contributed by atoms with Crippen molar-refractivity contribution < 1.29 is 18.0 Å². The van der Waals surface area contributed by atoms with Crippen LogP contribution in [0.4, 0.5) is 5.69 Å². The Morgan fingerprint density at radius 2 is 1.64 bits per heavy atom. The lowest BCUT2D eigenvalue weighted by Crippen LogP contribution is -2.50. The molecule has 0 aliphatic rings. The lowest BCUT2D eigenvalue weighted by atomic mass is 10.1. The van der Waals surface area contributed by atoms with Gasteiger partial charge in [0.25, 0.3) is 0 Å². The maximum atomic E-state index is 13.5. The van der Waals surface area contributed by atoms with Gasteiger partial charge in [-0.15, -0.1) is 0 Å². The lowest BCUT2D eigenvalue weighted by Gasteiger charge is -2.32. The number of carbonyl (C=O) groups is 2. The topological polar surface area (TPSA) is 86.8 Å². The molecule has 0 aromatic heterocycles. The molecule has 8 heteroatoms. The predicted molar refractivity (Wildman–Crippen MR) is 146 cm³/mol. The van der Waals surface area contributed by atoms with Gasteiger partial charge in [0.05, 0.1) is 11.9 Å². The highest BCUT2D eigenvalue weighted by Gasteiger charge is 2.29. The van der Waals surface area contributed by atoms with Gasteiger partial charge < -0.3 is 10.2 Å². The minimum Gasteiger partial charge on any atom is -0.352 e. The van der Waals surface area contributed by atoms with Crippen LogP contribution in [0.3, 0.4) is 0 Å². The van der Waals surface area contributed by atoms with Crippen LogP contribution in [0.25, 0.3) is 0 Å². The summed E-state index contributed by atoms with van der Waals surface area (Å²) in [5.74, 6) is -0.328. The van der Waals surface area contributed by atoms with Crippen LogP contribution < -0.4 is 9.62 Å². The third-order valence-electron chi connectivity index (χ3n) is 6.30. The summed E-state index contributed by atoms with van der Waals surface area (Å²) in [5, 5.41) is 3.01. The van der Waals surface area contributed by atoms with Gasteiger partial charge in [-0.3, -0.25) is 13.9 Å². The predicted octanol–water partition coefficient (Wildman–Crippen LogP) is 4.57. The number of hydrogen-bond acceptors (Lipinski definition) is 4. The third kappa shape index (κ3) is 8.66. The van der Waals surface area contributed by atoms with Gasteiger partial charge in [-0.25, -0.2) is 8.42 Å². The number of carbonyl (C=O) groups excluding carboxylic acids is 2. The molecule has 0 bridgehead atoms. The van der Waals surface area contributed by atoms with E-state index in [4.69, 9.17) is 0 Å². The van der Waals surface area contributed by atoms with Crippen molar-refractivity contribution in [2.75, 3.05) is 17.1 Å². The molecule has 198 valence electrons. The van der Waals surface area contributed by atoms with Gasteiger partial charge in [0.1, 0.15) is 6.04 Å². The van der Waals surface area contributed by atoms with Gasteiger partial charge in [0.15, 0.2) is 0 Å². The normalized spacial score (nSPS) is 13.1. The Balaban J connectivity index is 2.22. The van der Waals surface area contributed by atoms with E-state index in [1.807, 2.05) is 71.0 Å². The number of nitrogens with zero attached hydrogens (tertiary/aromatic N) is 2. The van der Waals surface area contributed by atoms with Crippen LogP contribution in [0.5, 0.6) is 0 Å². The van der Waals surface area contributed by atoms with Gasteiger partial charge >= 0.3 is 0 Å². The molecule has 7 nitrogen and oxygen atoms in total. The van der Waals surface area contributed by atoms with Crippen LogP contribution in [-0.4, -0.2) is 50.0 Å². The van der Waals surface area contributed by atoms with Gasteiger partial charge in [0.2, 0.25) is 21.8 Å². The minimum absolute atomic E-state index is 0.0142. The van der Waals surface area contributed by atoms with Gasteiger partial charge in [-0.1, -0.05) is 61.4 Å². The summed E-state index contributed by atoms with van der Waals surface area (Å²) in [6, 6.07) is 14.6. The van der Waals surface area contributed by atoms with E-state index in [0.29, 0.717) is 25.1 Å². The summed E-state index contributed by atoms with van der Waals surface area (Å²) >= 11 is 0. The molecule has 0 heterocycles. The van der Waals surface area contributed by atoms with E-state index in [2.05, 4.69) is 5.32 Å². The molecular weight excluding hydrogens is 474 g/mol. The first-order chi connectivity index (χ1) is 17.0. The number of anilines is 1. The van der Waals surface area contributed by atoms with E-state index in [0.717, 1.165) is 23.1 Å². The number of sulfonamides is 1. The summed E-state index contributed by atoms with van der Waals surface area (Å²) in [6.45, 7) is 10.3. The van der Waals surface area contributed by atoms with Gasteiger partial charge in [0, 0.05) is 25.6 Å². The monoisotopic (exact) mass is 515 g/mol. The van der Waals surface area contributed by atoms with Crippen molar-refractivity contribution in [3.05, 3.63) is 65.2 Å². The first kappa shape index (κ1) is 29.4. The second-order valence-electron chi connectivity index (χ2n) is 9.53. The SMILES string of the molecule is CC[C@@H](C)NC(=O)[C@@H](CC)N(Cc1cccc(C)c1)C(=O)CCCN(c1ccc(C)cc1)S(C)(=O)=O. The molecule has 0 spiro atoms. The lowest BCUT2D eigenvalue weighted by molar-refractivity contribution is -0.141. The molecule has 0 saturated carbocycles. The molecule has 0 unspecified atom stereocenters. The van der Waals surface area contributed by atoms with Crippen molar-refractivity contribution in [1.29, 1.82) is 0 Å². The molecule has 0 aliphatic heterocycles. The van der Waals surface area contributed by atoms with Gasteiger partial charge in [-0.2, -0.15) is 0 Å². The van der Waals surface area contributed by atoms with Crippen LogP contribution in [0.1, 0.15) is 63.1 Å². The van der Waals surface area contributed by atoms with Crippen LogP contribution in [0.2, 0.25) is 0 Å². The average molecular weight is 516 g/mol. The third-order valence-corrected chi connectivity index (χ3v) is 7.49. The molecule has 0 radical (unpaired) electrons. The van der Waals surface area contributed by atoms with Crippen LogP contribution in [0, 0.1) is 13.8 Å². The fourth-order valence-electron chi connectivity index (χ4n) is 4.08. The maximum absolute atomic E-state index is 13.5. The first-order valence-electron chi connectivity index (χ1n) is 12.7. The Morgan fingerprint density at radius 1 is 0.972 bits per heavy atom. The zero-order valence-electron chi connectivity index (χ0n) is 22.5. The van der Waals surface area contributed by atoms with E-state index in [1.165, 1.54) is 10.6 Å². The highest BCUT2D eigenvalue weighted by atomic mass is 32.2. The van der Waals surface area contributed by atoms with Crippen LogP contribution >= 0.6 is 0 Å². The molecule has 0 aliphatic carbocycles. The molecule has 2 rings (SSSR count). The standard InChI is InChI=1S/C28H41N3O4S/c1-7-23(5)29-28(33)26(8-2)30(20-24-12-9-11-22(4)19-24)27(32)13-10-18-31(36(6,34)35)25-16-14-21(3)15-17-25/h9,11-12,14-17,19,23,26H,7-8,10,13,18,20H2,1-6H3,(H,29,33)/t23-,26-/m1/s1. The summed E-state index contributed by atoms with van der Waals surface area (Å²) in [4.78, 5) is 28.2. The Kier molecular flexibility index (Phi) is 11.0. The summed E-state index contributed by atoms with van der Waals surface area (Å²) < 4.78 is 26.2. The average Bonchev–Trinajstić information content (AvgIpc) is 2.81. The zero-order chi connectivity index (χ0) is 26.9. The maximum Gasteiger partial charge on any atom is 0.243 e. The number of nitrogens with one attached hydrogen (secondary N) is 1. The molecule has 1 N–H and O–H groups in total. The molecule has 0 fully saturated rings. The van der Waals surface area contributed by atoms with E-state index in [1.54, 1.807) is 17.0 Å². The largest absolute Gasteiger partial charge is 0.352 e. The zero-order valence-corrected chi connectivity index (χ0v) is 23.3. The van der Waals surface area contributed by atoms with Crippen molar-refractivity contribution in [2.24, 2.45) is 0 Å². The minimum atomic E-state index is -3.51. The fraction of sp³-hybridized carbons (Fsp3) is 0.500. The van der Waals surface area contributed by atoms with E-state index < -0.39 is 16.1 Å². The Labute approximate surface area is 216 Å². The number of benzene rings is 2. The van der Waals surface area contributed by atoms with E-state index in [9.17, 15) is 18.0 Å². The molecule has 2 aromatic carbocycles. The highest BCUT2D eigenvalue weighted by molar-refractivity contribution is 7.92. The fourth-order valence-corrected chi connectivity index (χ4v) is 5.05. The van der Waals surface area contributed by atoms with Crippen molar-refractivity contribution in [3.8, 4) is 0 Å². The van der Waals surface area contributed by atoms with Crippen molar-refractivity contribution in [2.45, 2.75) is 78.9 Å². The summed E-state index contributed by atoms with van der Waals surface area (Å²) in [6.07, 6.45) is 2.93. The molecule has 2 aromatic rings. The van der Waals surface area contributed by atoms with Crippen LogP contribution in [-0.2, 0) is 26.2 Å². The highest BCUT2D eigenvalue weighted by Crippen LogP contribution is 2.20. The first-order valence-corrected chi connectivity index (χ1v) is 14.5. The Morgan fingerprint density at radius 3 is 2.19 bits per heavy atom. The van der Waals surface area contributed by atoms with E-state index in [-0.39, 0.29) is 30.8 Å². The second-order valence-corrected chi connectivity index (χ2v) is 11.4. The van der Waals surface area contributed by atoms with Crippen molar-refractivity contribution >= 4 is 27.5 Å². The number of aryl methyl sites for hydroxylation is 2. The van der Waals surface area contributed by atoms with Crippen LogP contribution in [0.15, 0.2) is 48.5 Å². The molecule has 2 atom stereocenters. The number of amides is 2. The van der Waals surface area contributed by atoms with Crippen molar-refractivity contribution in [3.63, 3.8) is 0 Å². The second kappa shape index (κ2) is 13.4. The van der Waals surface area contributed by atoms with E-state index >= 15 is 0 Å². The van der Waals surface area contributed by atoms with Crippen molar-refractivity contribution in [1.82, 2.24) is 10.2 Å². The molecule has 0 saturated heterocycles. The Hall–Kier alpha value is -2.87. The summed E-state index contributed by atoms with van der Waals surface area (Å²) in [5.41, 5.74) is 3.65. The Bertz CT molecular complexity index is 1120. The van der Waals surface area contributed by atoms with Gasteiger partial charge in [-0.05, 0) is 57.7 Å². The molecule has 36 heavy (non-hydrogen) atoms. The smallest absolute Gasteiger partial charge is 0.243 e. The quantitative estimate of drug-likeness (QED) is 0.423. The number of rotatable bonds is 13. The number of hydrogen-bond donors (Lipinski definition) is 1. The molecular formula is C28H41N3O4S. The summed E-state index contributed by atoms with van der Waals surface area (Å²) in [7, 11) is -3.51.